The number of hydrogen-bond donors (Lipinski definition) is 1. The first-order valence-electron chi connectivity index (χ1n) is 10.0. The van der Waals surface area contributed by atoms with Crippen LogP contribution in [-0.4, -0.2) is 31.1 Å². The predicted octanol–water partition coefficient (Wildman–Crippen LogP) is 3.75. The summed E-state index contributed by atoms with van der Waals surface area (Å²) in [6.45, 7) is 6.54. The van der Waals surface area contributed by atoms with Crippen LogP contribution in [0.1, 0.15) is 6.92 Å². The van der Waals surface area contributed by atoms with E-state index in [1.54, 1.807) is 0 Å². The standard InChI is InChI=1S/C25H28N2P/c1-22(27-19-17-26-18-20-27)21-28(23-11-5-2-6-12-23,24-13-7-3-8-14-24)25-15-9-4-10-16-25/h2-16,21,26H,17-20H2,1H3/q+1/b22-21+. The summed E-state index contributed by atoms with van der Waals surface area (Å²) in [5, 5.41) is 7.68. The van der Waals surface area contributed by atoms with Crippen molar-refractivity contribution in [3.63, 3.8) is 0 Å². The van der Waals surface area contributed by atoms with Crippen molar-refractivity contribution in [1.29, 1.82) is 0 Å². The second-order valence-electron chi connectivity index (χ2n) is 7.24. The monoisotopic (exact) mass is 387 g/mol. The van der Waals surface area contributed by atoms with Crippen LogP contribution >= 0.6 is 7.26 Å². The van der Waals surface area contributed by atoms with Crippen LogP contribution in [0, 0.1) is 0 Å². The molecule has 142 valence electrons. The van der Waals surface area contributed by atoms with Gasteiger partial charge in [-0.3, -0.25) is 0 Å². The Morgan fingerprint density at radius 3 is 1.50 bits per heavy atom. The molecule has 0 spiro atoms. The molecule has 0 atom stereocenters. The third-order valence-electron chi connectivity index (χ3n) is 5.49. The molecule has 1 fully saturated rings. The van der Waals surface area contributed by atoms with Crippen LogP contribution in [0.25, 0.3) is 0 Å². The molecule has 1 aliphatic heterocycles. The van der Waals surface area contributed by atoms with E-state index in [1.165, 1.54) is 21.6 Å². The Hall–Kier alpha value is -2.41. The smallest absolute Gasteiger partial charge is 0.138 e. The fraction of sp³-hybridized carbons (Fsp3) is 0.200. The van der Waals surface area contributed by atoms with Crippen LogP contribution in [0.3, 0.4) is 0 Å². The van der Waals surface area contributed by atoms with E-state index in [2.05, 4.69) is 114 Å². The molecule has 1 saturated heterocycles. The molecular formula is C25H28N2P+. The fourth-order valence-corrected chi connectivity index (χ4v) is 8.03. The summed E-state index contributed by atoms with van der Waals surface area (Å²) in [4.78, 5) is 2.53. The molecule has 1 aliphatic rings. The molecule has 3 aromatic carbocycles. The zero-order valence-corrected chi connectivity index (χ0v) is 17.4. The third kappa shape index (κ3) is 3.76. The number of piperazine rings is 1. The van der Waals surface area contributed by atoms with E-state index >= 15 is 0 Å². The largest absolute Gasteiger partial charge is 0.370 e. The molecule has 3 heteroatoms. The highest BCUT2D eigenvalue weighted by atomic mass is 31.2. The molecule has 4 rings (SSSR count). The topological polar surface area (TPSA) is 15.3 Å². The first-order valence-corrected chi connectivity index (χ1v) is 11.9. The van der Waals surface area contributed by atoms with E-state index in [-0.39, 0.29) is 0 Å². The number of benzene rings is 3. The van der Waals surface area contributed by atoms with Gasteiger partial charge in [-0.2, -0.15) is 0 Å². The summed E-state index contributed by atoms with van der Waals surface area (Å²) in [5.74, 6) is 2.58. The van der Waals surface area contributed by atoms with E-state index < -0.39 is 7.26 Å². The van der Waals surface area contributed by atoms with Crippen molar-refractivity contribution in [1.82, 2.24) is 10.2 Å². The maximum atomic E-state index is 3.47. The van der Waals surface area contributed by atoms with Crippen LogP contribution in [-0.2, 0) is 0 Å². The summed E-state index contributed by atoms with van der Waals surface area (Å²) in [6, 6.07) is 33.2. The maximum Gasteiger partial charge on any atom is 0.138 e. The second-order valence-corrected chi connectivity index (χ2v) is 10.5. The van der Waals surface area contributed by atoms with Gasteiger partial charge in [0.15, 0.2) is 0 Å². The van der Waals surface area contributed by atoms with Gasteiger partial charge in [0.25, 0.3) is 0 Å². The number of allylic oxidation sites excluding steroid dienone is 1. The van der Waals surface area contributed by atoms with Gasteiger partial charge in [0.1, 0.15) is 23.2 Å². The zero-order valence-electron chi connectivity index (χ0n) is 16.5. The Morgan fingerprint density at radius 1 is 0.714 bits per heavy atom. The van der Waals surface area contributed by atoms with Crippen LogP contribution in [0.5, 0.6) is 0 Å². The van der Waals surface area contributed by atoms with Crippen molar-refractivity contribution in [2.45, 2.75) is 6.92 Å². The van der Waals surface area contributed by atoms with Gasteiger partial charge in [-0.25, -0.2) is 0 Å². The van der Waals surface area contributed by atoms with Gasteiger partial charge >= 0.3 is 0 Å². The number of nitrogens with zero attached hydrogens (tertiary/aromatic N) is 1. The van der Waals surface area contributed by atoms with Gasteiger partial charge in [-0.15, -0.1) is 0 Å². The van der Waals surface area contributed by atoms with Gasteiger partial charge in [-0.05, 0) is 43.3 Å². The molecule has 1 heterocycles. The van der Waals surface area contributed by atoms with Crippen molar-refractivity contribution in [2.24, 2.45) is 0 Å². The quantitative estimate of drug-likeness (QED) is 0.671. The van der Waals surface area contributed by atoms with Gasteiger partial charge in [0.2, 0.25) is 0 Å². The summed E-state index contributed by atoms with van der Waals surface area (Å²) in [6.07, 6.45) is 0. The summed E-state index contributed by atoms with van der Waals surface area (Å²) < 4.78 is 0. The van der Waals surface area contributed by atoms with Gasteiger partial charge in [-0.1, -0.05) is 54.6 Å². The first kappa shape index (κ1) is 18.9. The van der Waals surface area contributed by atoms with Gasteiger partial charge in [0.05, 0.1) is 5.82 Å². The van der Waals surface area contributed by atoms with Crippen LogP contribution in [0.4, 0.5) is 0 Å². The van der Waals surface area contributed by atoms with Crippen molar-refractivity contribution in [3.8, 4) is 0 Å². The molecule has 1 N–H and O–H groups in total. The van der Waals surface area contributed by atoms with E-state index in [4.69, 9.17) is 0 Å². The zero-order chi connectivity index (χ0) is 19.2. The Bertz CT molecular complexity index is 804. The van der Waals surface area contributed by atoms with Crippen molar-refractivity contribution in [2.75, 3.05) is 26.2 Å². The van der Waals surface area contributed by atoms with Crippen molar-refractivity contribution >= 4 is 23.2 Å². The normalized spacial score (nSPS) is 15.5. The van der Waals surface area contributed by atoms with Crippen LogP contribution in [0.2, 0.25) is 0 Å². The Balaban J connectivity index is 1.96. The predicted molar refractivity (Wildman–Crippen MR) is 123 cm³/mol. The molecule has 0 saturated carbocycles. The van der Waals surface area contributed by atoms with Crippen molar-refractivity contribution < 1.29 is 0 Å². The maximum absolute atomic E-state index is 3.47. The second kappa shape index (κ2) is 8.73. The molecule has 28 heavy (non-hydrogen) atoms. The van der Waals surface area contributed by atoms with Crippen LogP contribution in [0.15, 0.2) is 103 Å². The van der Waals surface area contributed by atoms with Crippen molar-refractivity contribution in [3.05, 3.63) is 103 Å². The number of nitrogens with one attached hydrogen (secondary N) is 1. The molecular weight excluding hydrogens is 359 g/mol. The van der Waals surface area contributed by atoms with E-state index in [1.807, 2.05) is 0 Å². The summed E-state index contributed by atoms with van der Waals surface area (Å²) >= 11 is 0. The highest BCUT2D eigenvalue weighted by Gasteiger charge is 2.44. The molecule has 0 aromatic heterocycles. The molecule has 0 unspecified atom stereocenters. The molecule has 0 radical (unpaired) electrons. The van der Waals surface area contributed by atoms with E-state index in [0.29, 0.717) is 0 Å². The average molecular weight is 387 g/mol. The van der Waals surface area contributed by atoms with Gasteiger partial charge < -0.3 is 10.2 Å². The average Bonchev–Trinajstić information content (AvgIpc) is 2.80. The van der Waals surface area contributed by atoms with Crippen LogP contribution < -0.4 is 21.2 Å². The lowest BCUT2D eigenvalue weighted by atomic mass is 10.3. The summed E-state index contributed by atoms with van der Waals surface area (Å²) in [5.41, 5.74) is 1.38. The lowest BCUT2D eigenvalue weighted by Gasteiger charge is -2.32. The molecule has 0 bridgehead atoms. The Labute approximate surface area is 169 Å². The lowest BCUT2D eigenvalue weighted by molar-refractivity contribution is 0.300. The highest BCUT2D eigenvalue weighted by Crippen LogP contribution is 2.57. The number of hydrogen-bond acceptors (Lipinski definition) is 2. The van der Waals surface area contributed by atoms with E-state index in [0.717, 1.165) is 26.2 Å². The van der Waals surface area contributed by atoms with E-state index in [9.17, 15) is 0 Å². The molecule has 0 aliphatic carbocycles. The Kier molecular flexibility index (Phi) is 5.90. The minimum atomic E-state index is -1.90. The lowest BCUT2D eigenvalue weighted by Crippen LogP contribution is -2.42. The molecule has 0 amide bonds. The summed E-state index contributed by atoms with van der Waals surface area (Å²) in [7, 11) is -1.90. The van der Waals surface area contributed by atoms with Gasteiger partial charge in [0, 0.05) is 31.9 Å². The third-order valence-corrected chi connectivity index (χ3v) is 9.59. The molecule has 3 aromatic rings. The fourth-order valence-electron chi connectivity index (χ4n) is 4.04. The minimum absolute atomic E-state index is 1.05. The molecule has 2 nitrogen and oxygen atoms in total. The first-order chi connectivity index (χ1) is 13.8. The minimum Gasteiger partial charge on any atom is -0.370 e. The Morgan fingerprint density at radius 2 is 1.11 bits per heavy atom. The SMILES string of the molecule is C/C(=C\[P+](c1ccccc1)(c1ccccc1)c1ccccc1)N1CCNCC1. The highest BCUT2D eigenvalue weighted by molar-refractivity contribution is 7.98. The number of rotatable bonds is 5.